The molecule has 0 radical (unpaired) electrons. The van der Waals surface area contributed by atoms with Crippen molar-refractivity contribution in [3.8, 4) is 0 Å². The molecule has 2 saturated heterocycles. The number of rotatable bonds is 8. The molecule has 6 nitrogen and oxygen atoms in total. The van der Waals surface area contributed by atoms with Crippen molar-refractivity contribution in [2.45, 2.75) is 58.4 Å². The van der Waals surface area contributed by atoms with Gasteiger partial charge in [-0.05, 0) is 69.9 Å². The summed E-state index contributed by atoms with van der Waals surface area (Å²) in [5.74, 6) is 1.11. The van der Waals surface area contributed by atoms with Gasteiger partial charge in [0.1, 0.15) is 0 Å². The lowest BCUT2D eigenvalue weighted by Gasteiger charge is -2.20. The van der Waals surface area contributed by atoms with Crippen LogP contribution in [0.3, 0.4) is 0 Å². The summed E-state index contributed by atoms with van der Waals surface area (Å²) in [6.07, 6.45) is 8.25. The monoisotopic (exact) mass is 399 g/mol. The SMILES string of the molecule is CCNC(=NCc1ccc(N2CCCC2=O)cc1)NCCCN1CCCCCC1. The van der Waals surface area contributed by atoms with Gasteiger partial charge in [-0.1, -0.05) is 25.0 Å². The zero-order valence-corrected chi connectivity index (χ0v) is 18.0. The Morgan fingerprint density at radius 1 is 1.00 bits per heavy atom. The Balaban J connectivity index is 1.43. The van der Waals surface area contributed by atoms with E-state index in [0.29, 0.717) is 13.0 Å². The second-order valence-electron chi connectivity index (χ2n) is 8.05. The normalized spacial score (nSPS) is 18.7. The third kappa shape index (κ3) is 7.03. The fraction of sp³-hybridized carbons (Fsp3) is 0.652. The largest absolute Gasteiger partial charge is 0.357 e. The zero-order chi connectivity index (χ0) is 20.3. The number of likely N-dealkylation sites (tertiary alicyclic amines) is 1. The number of benzene rings is 1. The van der Waals surface area contributed by atoms with Crippen LogP contribution in [0.15, 0.2) is 29.3 Å². The first-order valence-corrected chi connectivity index (χ1v) is 11.4. The highest BCUT2D eigenvalue weighted by atomic mass is 16.2. The minimum Gasteiger partial charge on any atom is -0.357 e. The second kappa shape index (κ2) is 11.8. The van der Waals surface area contributed by atoms with Crippen LogP contribution in [0.1, 0.15) is 57.4 Å². The third-order valence-corrected chi connectivity index (χ3v) is 5.73. The van der Waals surface area contributed by atoms with Crippen LogP contribution < -0.4 is 15.5 Å². The molecule has 2 N–H and O–H groups in total. The van der Waals surface area contributed by atoms with Crippen molar-refractivity contribution < 1.29 is 4.79 Å². The van der Waals surface area contributed by atoms with Crippen molar-refractivity contribution in [1.29, 1.82) is 0 Å². The highest BCUT2D eigenvalue weighted by Gasteiger charge is 2.21. The summed E-state index contributed by atoms with van der Waals surface area (Å²) in [6, 6.07) is 8.23. The Labute approximate surface area is 175 Å². The molecule has 2 fully saturated rings. The van der Waals surface area contributed by atoms with Gasteiger partial charge in [-0.15, -0.1) is 0 Å². The Bertz CT molecular complexity index is 650. The van der Waals surface area contributed by atoms with E-state index in [1.165, 1.54) is 45.3 Å². The van der Waals surface area contributed by atoms with E-state index in [-0.39, 0.29) is 5.91 Å². The molecule has 0 bridgehead atoms. The van der Waals surface area contributed by atoms with Crippen LogP contribution in [-0.2, 0) is 11.3 Å². The van der Waals surface area contributed by atoms with Gasteiger partial charge in [0.15, 0.2) is 5.96 Å². The van der Waals surface area contributed by atoms with Crippen LogP contribution in [0.4, 0.5) is 5.69 Å². The van der Waals surface area contributed by atoms with Gasteiger partial charge in [0.05, 0.1) is 6.54 Å². The number of carbonyl (C=O) groups excluding carboxylic acids is 1. The molecule has 1 aromatic carbocycles. The van der Waals surface area contributed by atoms with E-state index in [9.17, 15) is 4.79 Å². The van der Waals surface area contributed by atoms with Crippen LogP contribution in [0.2, 0.25) is 0 Å². The molecule has 3 rings (SSSR count). The van der Waals surface area contributed by atoms with Crippen LogP contribution in [-0.4, -0.2) is 56.0 Å². The Hall–Kier alpha value is -2.08. The number of guanidine groups is 1. The van der Waals surface area contributed by atoms with Crippen molar-refractivity contribution in [3.63, 3.8) is 0 Å². The average molecular weight is 400 g/mol. The average Bonchev–Trinajstić information content (AvgIpc) is 3.00. The fourth-order valence-electron chi connectivity index (χ4n) is 4.08. The van der Waals surface area contributed by atoms with Gasteiger partial charge in [0.2, 0.25) is 5.91 Å². The lowest BCUT2D eigenvalue weighted by atomic mass is 10.2. The Morgan fingerprint density at radius 2 is 1.76 bits per heavy atom. The van der Waals surface area contributed by atoms with E-state index in [2.05, 4.69) is 34.6 Å². The molecule has 0 atom stereocenters. The van der Waals surface area contributed by atoms with E-state index >= 15 is 0 Å². The molecule has 29 heavy (non-hydrogen) atoms. The first-order chi connectivity index (χ1) is 14.3. The van der Waals surface area contributed by atoms with Crippen LogP contribution in [0.25, 0.3) is 0 Å². The zero-order valence-electron chi connectivity index (χ0n) is 18.0. The molecule has 0 aliphatic carbocycles. The van der Waals surface area contributed by atoms with E-state index in [4.69, 9.17) is 4.99 Å². The number of hydrogen-bond acceptors (Lipinski definition) is 3. The Kier molecular flexibility index (Phi) is 8.81. The maximum Gasteiger partial charge on any atom is 0.227 e. The summed E-state index contributed by atoms with van der Waals surface area (Å²) in [7, 11) is 0. The van der Waals surface area contributed by atoms with E-state index in [0.717, 1.165) is 49.7 Å². The fourth-order valence-corrected chi connectivity index (χ4v) is 4.08. The molecule has 2 aliphatic heterocycles. The van der Waals surface area contributed by atoms with Gasteiger partial charge in [0.25, 0.3) is 0 Å². The lowest BCUT2D eigenvalue weighted by Crippen LogP contribution is -2.39. The van der Waals surface area contributed by atoms with Gasteiger partial charge in [0, 0.05) is 31.7 Å². The molecule has 2 aliphatic rings. The van der Waals surface area contributed by atoms with Crippen molar-refractivity contribution in [1.82, 2.24) is 15.5 Å². The first kappa shape index (κ1) is 21.6. The summed E-state index contributed by atoms with van der Waals surface area (Å²) in [4.78, 5) is 21.1. The molecule has 0 unspecified atom stereocenters. The molecule has 0 aromatic heterocycles. The van der Waals surface area contributed by atoms with Crippen LogP contribution >= 0.6 is 0 Å². The highest BCUT2D eigenvalue weighted by molar-refractivity contribution is 5.95. The number of aliphatic imine (C=N–C) groups is 1. The van der Waals surface area contributed by atoms with Gasteiger partial charge in [-0.2, -0.15) is 0 Å². The van der Waals surface area contributed by atoms with Crippen LogP contribution in [0, 0.1) is 0 Å². The quantitative estimate of drug-likeness (QED) is 0.401. The third-order valence-electron chi connectivity index (χ3n) is 5.73. The number of anilines is 1. The maximum absolute atomic E-state index is 11.9. The molecule has 160 valence electrons. The predicted molar refractivity (Wildman–Crippen MR) is 120 cm³/mol. The van der Waals surface area contributed by atoms with E-state index in [1.807, 2.05) is 17.0 Å². The molecule has 6 heteroatoms. The summed E-state index contributed by atoms with van der Waals surface area (Å²) in [5.41, 5.74) is 2.15. The summed E-state index contributed by atoms with van der Waals surface area (Å²) in [6.45, 7) is 9.05. The van der Waals surface area contributed by atoms with Crippen molar-refractivity contribution >= 4 is 17.6 Å². The topological polar surface area (TPSA) is 60.0 Å². The number of nitrogens with zero attached hydrogens (tertiary/aromatic N) is 3. The molecular formula is C23H37N5O. The molecule has 1 amide bonds. The standard InChI is InChI=1S/C23H37N5O/c1-2-24-23(25-14-8-17-27-15-5-3-4-6-16-27)26-19-20-10-12-21(13-11-20)28-18-7-9-22(28)29/h10-13H,2-9,14-19H2,1H3,(H2,24,25,26). The number of nitrogens with one attached hydrogen (secondary N) is 2. The van der Waals surface area contributed by atoms with Crippen molar-refractivity contribution in [2.75, 3.05) is 44.2 Å². The van der Waals surface area contributed by atoms with Crippen molar-refractivity contribution in [3.05, 3.63) is 29.8 Å². The van der Waals surface area contributed by atoms with Crippen molar-refractivity contribution in [2.24, 2.45) is 4.99 Å². The molecule has 0 spiro atoms. The second-order valence-corrected chi connectivity index (χ2v) is 8.05. The smallest absolute Gasteiger partial charge is 0.227 e. The van der Waals surface area contributed by atoms with Gasteiger partial charge in [-0.3, -0.25) is 4.79 Å². The molecule has 1 aromatic rings. The summed E-state index contributed by atoms with van der Waals surface area (Å²) >= 11 is 0. The van der Waals surface area contributed by atoms with Gasteiger partial charge >= 0.3 is 0 Å². The van der Waals surface area contributed by atoms with Gasteiger partial charge in [-0.25, -0.2) is 4.99 Å². The van der Waals surface area contributed by atoms with Crippen LogP contribution in [0.5, 0.6) is 0 Å². The van der Waals surface area contributed by atoms with Gasteiger partial charge < -0.3 is 20.4 Å². The molecular weight excluding hydrogens is 362 g/mol. The Morgan fingerprint density at radius 3 is 2.41 bits per heavy atom. The minimum atomic E-state index is 0.231. The number of carbonyl (C=O) groups is 1. The first-order valence-electron chi connectivity index (χ1n) is 11.4. The summed E-state index contributed by atoms with van der Waals surface area (Å²) < 4.78 is 0. The molecule has 0 saturated carbocycles. The van der Waals surface area contributed by atoms with E-state index in [1.54, 1.807) is 0 Å². The van der Waals surface area contributed by atoms with E-state index < -0.39 is 0 Å². The predicted octanol–water partition coefficient (Wildman–Crippen LogP) is 3.13. The number of amides is 1. The lowest BCUT2D eigenvalue weighted by molar-refractivity contribution is -0.117. The highest BCUT2D eigenvalue weighted by Crippen LogP contribution is 2.21. The molecule has 2 heterocycles. The minimum absolute atomic E-state index is 0.231. The maximum atomic E-state index is 11.9. The summed E-state index contributed by atoms with van der Waals surface area (Å²) in [5, 5.41) is 6.80. The number of hydrogen-bond donors (Lipinski definition) is 2.